The molecular weight excluding hydrogens is 262 g/mol. The minimum absolute atomic E-state index is 0.0128. The lowest BCUT2D eigenvalue weighted by molar-refractivity contribution is -0.134. The highest BCUT2D eigenvalue weighted by Crippen LogP contribution is 2.13. The predicted molar refractivity (Wildman–Crippen MR) is 71.1 cm³/mol. The van der Waals surface area contributed by atoms with E-state index in [9.17, 15) is 9.59 Å². The van der Waals surface area contributed by atoms with Crippen LogP contribution in [0.4, 0.5) is 5.82 Å². The SMILES string of the molecule is CC(=O)N(CC(=O)Nc1cc(C)on1)CC1CCCO1. The minimum Gasteiger partial charge on any atom is -0.376 e. The normalized spacial score (nSPS) is 18.0. The molecule has 1 aliphatic heterocycles. The third kappa shape index (κ3) is 4.06. The zero-order valence-electron chi connectivity index (χ0n) is 11.7. The highest BCUT2D eigenvalue weighted by molar-refractivity contribution is 5.93. The van der Waals surface area contributed by atoms with Crippen molar-refractivity contribution < 1.29 is 18.8 Å². The van der Waals surface area contributed by atoms with E-state index >= 15 is 0 Å². The maximum Gasteiger partial charge on any atom is 0.245 e. The Morgan fingerprint density at radius 2 is 2.35 bits per heavy atom. The van der Waals surface area contributed by atoms with Gasteiger partial charge in [0.25, 0.3) is 0 Å². The number of hydrogen-bond donors (Lipinski definition) is 1. The van der Waals surface area contributed by atoms with Gasteiger partial charge < -0.3 is 19.5 Å². The molecule has 7 heteroatoms. The van der Waals surface area contributed by atoms with Gasteiger partial charge in [-0.15, -0.1) is 0 Å². The molecule has 2 rings (SSSR count). The molecule has 0 aliphatic carbocycles. The lowest BCUT2D eigenvalue weighted by Crippen LogP contribution is -2.41. The average Bonchev–Trinajstić information content (AvgIpc) is 3.00. The smallest absolute Gasteiger partial charge is 0.245 e. The molecule has 0 spiro atoms. The summed E-state index contributed by atoms with van der Waals surface area (Å²) >= 11 is 0. The lowest BCUT2D eigenvalue weighted by atomic mass is 10.2. The fourth-order valence-corrected chi connectivity index (χ4v) is 2.12. The molecule has 0 bridgehead atoms. The van der Waals surface area contributed by atoms with Gasteiger partial charge in [0.2, 0.25) is 11.8 Å². The number of rotatable bonds is 5. The average molecular weight is 281 g/mol. The summed E-state index contributed by atoms with van der Waals surface area (Å²) in [5, 5.41) is 6.27. The van der Waals surface area contributed by atoms with E-state index in [2.05, 4.69) is 10.5 Å². The van der Waals surface area contributed by atoms with Crippen molar-refractivity contribution in [3.63, 3.8) is 0 Å². The molecule has 1 aliphatic rings. The van der Waals surface area contributed by atoms with Gasteiger partial charge in [-0.3, -0.25) is 9.59 Å². The molecule has 1 N–H and O–H groups in total. The second kappa shape index (κ2) is 6.51. The number of nitrogens with zero attached hydrogens (tertiary/aromatic N) is 2. The fourth-order valence-electron chi connectivity index (χ4n) is 2.12. The molecule has 20 heavy (non-hydrogen) atoms. The summed E-state index contributed by atoms with van der Waals surface area (Å²) in [7, 11) is 0. The van der Waals surface area contributed by atoms with Crippen molar-refractivity contribution in [1.29, 1.82) is 0 Å². The summed E-state index contributed by atoms with van der Waals surface area (Å²) in [5.41, 5.74) is 0. The molecule has 1 fully saturated rings. The number of ether oxygens (including phenoxy) is 1. The number of amides is 2. The lowest BCUT2D eigenvalue weighted by Gasteiger charge is -2.23. The van der Waals surface area contributed by atoms with E-state index in [0.717, 1.165) is 19.4 Å². The van der Waals surface area contributed by atoms with Crippen LogP contribution in [-0.2, 0) is 14.3 Å². The van der Waals surface area contributed by atoms with Crippen LogP contribution in [-0.4, -0.2) is 47.7 Å². The molecular formula is C13H19N3O4. The van der Waals surface area contributed by atoms with Crippen LogP contribution in [0.3, 0.4) is 0 Å². The van der Waals surface area contributed by atoms with Crippen molar-refractivity contribution in [2.45, 2.75) is 32.8 Å². The van der Waals surface area contributed by atoms with E-state index in [1.54, 1.807) is 13.0 Å². The van der Waals surface area contributed by atoms with Crippen LogP contribution in [0.1, 0.15) is 25.5 Å². The van der Waals surface area contributed by atoms with Gasteiger partial charge in [-0.05, 0) is 19.8 Å². The largest absolute Gasteiger partial charge is 0.376 e. The molecule has 2 heterocycles. The van der Waals surface area contributed by atoms with E-state index in [1.807, 2.05) is 0 Å². The van der Waals surface area contributed by atoms with Gasteiger partial charge in [0, 0.05) is 26.1 Å². The Balaban J connectivity index is 1.86. The monoisotopic (exact) mass is 281 g/mol. The van der Waals surface area contributed by atoms with Crippen LogP contribution < -0.4 is 5.32 Å². The summed E-state index contributed by atoms with van der Waals surface area (Å²) in [6.07, 6.45) is 1.95. The fraction of sp³-hybridized carbons (Fsp3) is 0.615. The number of carbonyl (C=O) groups excluding carboxylic acids is 2. The van der Waals surface area contributed by atoms with E-state index in [4.69, 9.17) is 9.26 Å². The molecule has 1 aromatic rings. The summed E-state index contributed by atoms with van der Waals surface area (Å²) < 4.78 is 10.3. The summed E-state index contributed by atoms with van der Waals surface area (Å²) in [5.74, 6) is 0.523. The highest BCUT2D eigenvalue weighted by atomic mass is 16.5. The Kier molecular flexibility index (Phi) is 4.73. The molecule has 1 aromatic heterocycles. The molecule has 110 valence electrons. The predicted octanol–water partition coefficient (Wildman–Crippen LogP) is 0.949. The maximum atomic E-state index is 11.9. The van der Waals surface area contributed by atoms with Gasteiger partial charge >= 0.3 is 0 Å². The van der Waals surface area contributed by atoms with Crippen LogP contribution in [0.25, 0.3) is 0 Å². The first-order chi connectivity index (χ1) is 9.54. The molecule has 2 amide bonds. The van der Waals surface area contributed by atoms with E-state index in [-0.39, 0.29) is 24.5 Å². The number of anilines is 1. The van der Waals surface area contributed by atoms with Crippen molar-refractivity contribution in [1.82, 2.24) is 10.1 Å². The summed E-state index contributed by atoms with van der Waals surface area (Å²) in [6.45, 7) is 4.34. The first-order valence-electron chi connectivity index (χ1n) is 6.65. The highest BCUT2D eigenvalue weighted by Gasteiger charge is 2.22. The van der Waals surface area contributed by atoms with Gasteiger partial charge in [0.15, 0.2) is 5.82 Å². The van der Waals surface area contributed by atoms with Gasteiger partial charge in [-0.25, -0.2) is 0 Å². The van der Waals surface area contributed by atoms with Gasteiger partial charge in [-0.1, -0.05) is 5.16 Å². The quantitative estimate of drug-likeness (QED) is 0.868. The van der Waals surface area contributed by atoms with Gasteiger partial charge in [-0.2, -0.15) is 0 Å². The van der Waals surface area contributed by atoms with Crippen molar-refractivity contribution in [3.8, 4) is 0 Å². The standard InChI is InChI=1S/C13H19N3O4/c1-9-6-12(15-20-9)14-13(18)8-16(10(2)17)7-11-4-3-5-19-11/h6,11H,3-5,7-8H2,1-2H3,(H,14,15,18). The Labute approximate surface area is 117 Å². The van der Waals surface area contributed by atoms with Crippen LogP contribution in [0.5, 0.6) is 0 Å². The molecule has 0 radical (unpaired) electrons. The zero-order valence-corrected chi connectivity index (χ0v) is 11.7. The van der Waals surface area contributed by atoms with Crippen LogP contribution >= 0.6 is 0 Å². The summed E-state index contributed by atoms with van der Waals surface area (Å²) in [6, 6.07) is 1.62. The molecule has 0 saturated carbocycles. The van der Waals surface area contributed by atoms with Gasteiger partial charge in [0.05, 0.1) is 12.6 Å². The third-order valence-corrected chi connectivity index (χ3v) is 3.12. The molecule has 1 saturated heterocycles. The second-order valence-corrected chi connectivity index (χ2v) is 4.91. The molecule has 7 nitrogen and oxygen atoms in total. The Bertz CT molecular complexity index is 480. The molecule has 0 aromatic carbocycles. The van der Waals surface area contributed by atoms with Gasteiger partial charge in [0.1, 0.15) is 5.76 Å². The van der Waals surface area contributed by atoms with Crippen molar-refractivity contribution in [3.05, 3.63) is 11.8 Å². The number of hydrogen-bond acceptors (Lipinski definition) is 5. The van der Waals surface area contributed by atoms with E-state index in [1.165, 1.54) is 11.8 Å². The Hall–Kier alpha value is -1.89. The topological polar surface area (TPSA) is 84.7 Å². The second-order valence-electron chi connectivity index (χ2n) is 4.91. The molecule has 1 atom stereocenters. The Morgan fingerprint density at radius 1 is 1.55 bits per heavy atom. The minimum atomic E-state index is -0.300. The first-order valence-corrected chi connectivity index (χ1v) is 6.65. The third-order valence-electron chi connectivity index (χ3n) is 3.12. The zero-order chi connectivity index (χ0) is 14.5. The van der Waals surface area contributed by atoms with E-state index < -0.39 is 0 Å². The first kappa shape index (κ1) is 14.5. The maximum absolute atomic E-state index is 11.9. The number of carbonyl (C=O) groups is 2. The van der Waals surface area contributed by atoms with Crippen molar-refractivity contribution in [2.75, 3.05) is 25.0 Å². The van der Waals surface area contributed by atoms with E-state index in [0.29, 0.717) is 18.1 Å². The van der Waals surface area contributed by atoms with Crippen molar-refractivity contribution in [2.24, 2.45) is 0 Å². The molecule has 1 unspecified atom stereocenters. The number of nitrogens with one attached hydrogen (secondary N) is 1. The number of aromatic nitrogens is 1. The van der Waals surface area contributed by atoms with Crippen molar-refractivity contribution >= 4 is 17.6 Å². The van der Waals surface area contributed by atoms with Crippen LogP contribution in [0, 0.1) is 6.92 Å². The van der Waals surface area contributed by atoms with Crippen LogP contribution in [0.15, 0.2) is 10.6 Å². The van der Waals surface area contributed by atoms with Crippen LogP contribution in [0.2, 0.25) is 0 Å². The Morgan fingerprint density at radius 3 is 2.90 bits per heavy atom. The summed E-state index contributed by atoms with van der Waals surface area (Å²) in [4.78, 5) is 24.9. The number of aryl methyl sites for hydroxylation is 1.